The van der Waals surface area contributed by atoms with Gasteiger partial charge in [0.1, 0.15) is 0 Å². The largest absolute Gasteiger partial charge is 0.284 e. The molecule has 0 amide bonds. The van der Waals surface area contributed by atoms with Gasteiger partial charge in [-0.2, -0.15) is 0 Å². The van der Waals surface area contributed by atoms with Gasteiger partial charge in [0.15, 0.2) is 0 Å². The number of nitrogens with zero attached hydrogens (tertiary/aromatic N) is 4. The number of nitro benzene ring substituents is 4. The first-order valence-corrected chi connectivity index (χ1v) is 12.2. The van der Waals surface area contributed by atoms with E-state index in [1.165, 1.54) is 36.4 Å². The Morgan fingerprint density at radius 2 is 0.872 bits per heavy atom. The number of hydrogen-bond acceptors (Lipinski definition) is 9. The van der Waals surface area contributed by atoms with E-state index in [1.807, 2.05) is 0 Å². The Balaban J connectivity index is 1.90. The van der Waals surface area contributed by atoms with Crippen LogP contribution in [0.1, 0.15) is 0 Å². The molecule has 4 aromatic rings. The van der Waals surface area contributed by atoms with Crippen molar-refractivity contribution in [2.45, 2.75) is 9.79 Å². The van der Waals surface area contributed by atoms with Gasteiger partial charge in [0.25, 0.3) is 22.7 Å². The minimum atomic E-state index is -0.749. The second-order valence-corrected chi connectivity index (χ2v) is 9.77. The van der Waals surface area contributed by atoms with Crippen molar-refractivity contribution >= 4 is 57.7 Å². The van der Waals surface area contributed by atoms with E-state index in [1.54, 1.807) is 12.1 Å². The van der Waals surface area contributed by atoms with Crippen molar-refractivity contribution in [1.29, 1.82) is 0 Å². The van der Waals surface area contributed by atoms with E-state index in [-0.39, 0.29) is 32.3 Å². The second-order valence-electron chi connectivity index (χ2n) is 7.81. The molecule has 39 heavy (non-hydrogen) atoms. The molecule has 0 saturated carbocycles. The summed E-state index contributed by atoms with van der Waals surface area (Å²) >= 11 is 13.5. The average Bonchev–Trinajstić information content (AvgIpc) is 2.89. The molecule has 0 N–H and O–H groups in total. The third kappa shape index (κ3) is 5.80. The number of non-ortho nitro benzene ring substituents is 2. The van der Waals surface area contributed by atoms with Crippen molar-refractivity contribution in [3.8, 4) is 22.3 Å². The van der Waals surface area contributed by atoms with E-state index in [0.717, 1.165) is 36.0 Å². The monoisotopic (exact) mass is 586 g/mol. The number of benzene rings is 4. The minimum Gasteiger partial charge on any atom is -0.258 e. The molecule has 15 heteroatoms. The smallest absolute Gasteiger partial charge is 0.258 e. The maximum absolute atomic E-state index is 11.8. The molecule has 0 aliphatic rings. The fourth-order valence-electron chi connectivity index (χ4n) is 3.75. The molecule has 0 spiro atoms. The number of halogens is 2. The molecule has 0 aliphatic heterocycles. The van der Waals surface area contributed by atoms with Gasteiger partial charge in [-0.15, -0.1) is 0 Å². The van der Waals surface area contributed by atoms with Crippen LogP contribution in [-0.4, -0.2) is 19.7 Å². The number of nitro groups is 4. The average molecular weight is 587 g/mol. The molecule has 0 atom stereocenters. The molecule has 0 fully saturated rings. The van der Waals surface area contributed by atoms with Crippen LogP contribution in [0.25, 0.3) is 22.3 Å². The molecule has 4 aromatic carbocycles. The van der Waals surface area contributed by atoms with Crippen molar-refractivity contribution in [3.63, 3.8) is 0 Å². The van der Waals surface area contributed by atoms with Gasteiger partial charge in [-0.1, -0.05) is 35.0 Å². The normalized spacial score (nSPS) is 10.7. The van der Waals surface area contributed by atoms with Gasteiger partial charge in [0.2, 0.25) is 0 Å². The highest BCUT2D eigenvalue weighted by Crippen LogP contribution is 2.46. The Labute approximate surface area is 232 Å². The van der Waals surface area contributed by atoms with Crippen LogP contribution in [0.15, 0.2) is 82.6 Å². The zero-order valence-corrected chi connectivity index (χ0v) is 21.5. The van der Waals surface area contributed by atoms with Gasteiger partial charge in [0.05, 0.1) is 43.0 Å². The van der Waals surface area contributed by atoms with Crippen LogP contribution in [0.2, 0.25) is 10.0 Å². The summed E-state index contributed by atoms with van der Waals surface area (Å²) in [6, 6.07) is 15.6. The van der Waals surface area contributed by atoms with Crippen LogP contribution in [0.3, 0.4) is 0 Å². The lowest BCUT2D eigenvalue weighted by Crippen LogP contribution is -1.97. The zero-order valence-electron chi connectivity index (χ0n) is 19.1. The number of hydrogen-bond donors (Lipinski definition) is 0. The van der Waals surface area contributed by atoms with E-state index in [2.05, 4.69) is 0 Å². The Hall–Kier alpha value is -4.59. The van der Waals surface area contributed by atoms with Gasteiger partial charge < -0.3 is 0 Å². The van der Waals surface area contributed by atoms with Crippen LogP contribution in [0.5, 0.6) is 0 Å². The molecule has 0 aromatic heterocycles. The summed E-state index contributed by atoms with van der Waals surface area (Å²) in [6.45, 7) is 0. The fraction of sp³-hybridized carbons (Fsp3) is 0. The van der Waals surface area contributed by atoms with Crippen LogP contribution in [0.4, 0.5) is 22.7 Å². The predicted octanol–water partition coefficient (Wildman–Crippen LogP) is 8.11. The van der Waals surface area contributed by atoms with Gasteiger partial charge in [-0.25, -0.2) is 0 Å². The first-order valence-electron chi connectivity index (χ1n) is 10.6. The number of rotatable bonds is 8. The Kier molecular flexibility index (Phi) is 7.76. The van der Waals surface area contributed by atoms with Crippen molar-refractivity contribution in [2.24, 2.45) is 0 Å². The lowest BCUT2D eigenvalue weighted by Gasteiger charge is -2.14. The van der Waals surface area contributed by atoms with Crippen LogP contribution >= 0.6 is 35.0 Å². The van der Waals surface area contributed by atoms with Crippen molar-refractivity contribution in [1.82, 2.24) is 0 Å². The van der Waals surface area contributed by atoms with E-state index < -0.39 is 42.4 Å². The molecule has 0 heterocycles. The standard InChI is InChI=1S/C24H12Cl2N4O8S/c25-13-1-7-23(19(9-13)17-5-3-15(27(31)32)11-21(17)29(35)36)39-24-8-2-14(26)10-20(24)18-6-4-16(28(33)34)12-22(18)30(37)38/h1-12H. The Bertz CT molecular complexity index is 1580. The molecular formula is C24H12Cl2N4O8S. The molecule has 12 nitrogen and oxygen atoms in total. The minimum absolute atomic E-state index is 0.0624. The molecule has 4 rings (SSSR count). The van der Waals surface area contributed by atoms with Crippen molar-refractivity contribution in [2.75, 3.05) is 0 Å². The molecule has 196 valence electrons. The highest BCUT2D eigenvalue weighted by molar-refractivity contribution is 7.99. The van der Waals surface area contributed by atoms with Gasteiger partial charge in [0, 0.05) is 43.1 Å². The van der Waals surface area contributed by atoms with Crippen LogP contribution < -0.4 is 0 Å². The lowest BCUT2D eigenvalue weighted by atomic mass is 10.0. The maximum atomic E-state index is 11.8. The van der Waals surface area contributed by atoms with E-state index in [9.17, 15) is 40.5 Å². The lowest BCUT2D eigenvalue weighted by molar-refractivity contribution is -0.394. The summed E-state index contributed by atoms with van der Waals surface area (Å²) in [7, 11) is 0. The highest BCUT2D eigenvalue weighted by atomic mass is 35.5. The van der Waals surface area contributed by atoms with Crippen molar-refractivity contribution in [3.05, 3.63) is 123 Å². The summed E-state index contributed by atoms with van der Waals surface area (Å²) in [5, 5.41) is 46.4. The van der Waals surface area contributed by atoms with E-state index in [4.69, 9.17) is 23.2 Å². The summed E-state index contributed by atoms with van der Waals surface area (Å²) in [5.74, 6) is 0. The van der Waals surface area contributed by atoms with Gasteiger partial charge in [-0.3, -0.25) is 40.5 Å². The molecule has 0 radical (unpaired) electrons. The fourth-order valence-corrected chi connectivity index (χ4v) is 5.16. The predicted molar refractivity (Wildman–Crippen MR) is 145 cm³/mol. The van der Waals surface area contributed by atoms with Gasteiger partial charge in [-0.05, 0) is 48.5 Å². The summed E-state index contributed by atoms with van der Waals surface area (Å²) in [6.07, 6.45) is 0. The third-order valence-electron chi connectivity index (χ3n) is 5.46. The highest BCUT2D eigenvalue weighted by Gasteiger charge is 2.25. The Morgan fingerprint density at radius 1 is 0.487 bits per heavy atom. The SMILES string of the molecule is O=[N+]([O-])c1ccc(-c2cc(Cl)ccc2Sc2ccc(Cl)cc2-c2ccc([N+](=O)[O-])cc2[N+](=O)[O-])c([N+](=O)[O-])c1. The third-order valence-corrected chi connectivity index (χ3v) is 7.08. The van der Waals surface area contributed by atoms with E-state index in [0.29, 0.717) is 9.79 Å². The Morgan fingerprint density at radius 3 is 1.21 bits per heavy atom. The van der Waals surface area contributed by atoms with Gasteiger partial charge >= 0.3 is 0 Å². The first-order chi connectivity index (χ1) is 18.5. The topological polar surface area (TPSA) is 173 Å². The molecule has 0 aliphatic carbocycles. The van der Waals surface area contributed by atoms with Crippen LogP contribution in [-0.2, 0) is 0 Å². The first kappa shape index (κ1) is 27.4. The van der Waals surface area contributed by atoms with E-state index >= 15 is 0 Å². The second kappa shape index (κ2) is 11.0. The quantitative estimate of drug-likeness (QED) is 0.146. The zero-order chi connectivity index (χ0) is 28.4. The van der Waals surface area contributed by atoms with Crippen LogP contribution in [0, 0.1) is 40.5 Å². The molecule has 0 unspecified atom stereocenters. The molecular weight excluding hydrogens is 575 g/mol. The summed E-state index contributed by atoms with van der Waals surface area (Å²) in [5.41, 5.74) is -1.27. The summed E-state index contributed by atoms with van der Waals surface area (Å²) < 4.78 is 0. The summed E-state index contributed by atoms with van der Waals surface area (Å²) in [4.78, 5) is 43.8. The molecule has 0 saturated heterocycles. The maximum Gasteiger partial charge on any atom is 0.284 e. The van der Waals surface area contributed by atoms with Crippen molar-refractivity contribution < 1.29 is 19.7 Å². The molecule has 0 bridgehead atoms.